The summed E-state index contributed by atoms with van der Waals surface area (Å²) in [6, 6.07) is 6.99. The molecule has 0 aliphatic carbocycles. The third-order valence-corrected chi connectivity index (χ3v) is 3.49. The van der Waals surface area contributed by atoms with Gasteiger partial charge in [-0.05, 0) is 41.1 Å². The van der Waals surface area contributed by atoms with Gasteiger partial charge in [-0.25, -0.2) is 0 Å². The maximum Gasteiger partial charge on any atom is 0.251 e. The minimum absolute atomic E-state index is 0.136. The average Bonchev–Trinajstić information content (AvgIpc) is 2.89. The number of hydrogen-bond donors (Lipinski definition) is 2. The van der Waals surface area contributed by atoms with Crippen LogP contribution in [0.1, 0.15) is 21.8 Å². The minimum atomic E-state index is -0.136. The van der Waals surface area contributed by atoms with Crippen LogP contribution < -0.4 is 10.1 Å². The third-order valence-electron chi connectivity index (χ3n) is 2.64. The highest BCUT2D eigenvalue weighted by atomic mass is 79.9. The van der Waals surface area contributed by atoms with E-state index in [0.717, 1.165) is 11.5 Å². The van der Waals surface area contributed by atoms with Gasteiger partial charge in [0.25, 0.3) is 5.91 Å². The van der Waals surface area contributed by atoms with Crippen molar-refractivity contribution in [3.8, 4) is 5.75 Å². The molecule has 7 heteroatoms. The predicted molar refractivity (Wildman–Crippen MR) is 85.9 cm³/mol. The Morgan fingerprint density at radius 3 is 2.90 bits per heavy atom. The molecule has 2 rings (SSSR count). The second-order valence-electron chi connectivity index (χ2n) is 4.34. The molecular formula is C14H15BrN2O3S. The number of nitrogens with zero attached hydrogens (tertiary/aromatic N) is 1. The molecule has 0 unspecified atom stereocenters. The molecule has 1 aromatic heterocycles. The number of benzene rings is 1. The van der Waals surface area contributed by atoms with Crippen LogP contribution in [0.3, 0.4) is 0 Å². The Kier molecular flexibility index (Phi) is 5.69. The summed E-state index contributed by atoms with van der Waals surface area (Å²) in [5.74, 6) is 1.85. The van der Waals surface area contributed by atoms with E-state index in [1.165, 1.54) is 0 Å². The Hall–Kier alpha value is -1.47. The zero-order valence-corrected chi connectivity index (χ0v) is 13.9. The third kappa shape index (κ3) is 4.50. The number of nitrogens with one attached hydrogen (secondary N) is 1. The molecule has 0 saturated heterocycles. The van der Waals surface area contributed by atoms with Crippen LogP contribution in [0.15, 0.2) is 33.3 Å². The first-order chi connectivity index (χ1) is 10.1. The van der Waals surface area contributed by atoms with E-state index in [0.29, 0.717) is 34.7 Å². The first kappa shape index (κ1) is 15.9. The molecule has 1 amide bonds. The summed E-state index contributed by atoms with van der Waals surface area (Å²) in [7, 11) is 0. The maximum absolute atomic E-state index is 11.8. The molecule has 0 radical (unpaired) electrons. The molecule has 0 atom stereocenters. The number of ether oxygens (including phenoxy) is 1. The Morgan fingerprint density at radius 1 is 1.48 bits per heavy atom. The van der Waals surface area contributed by atoms with Crippen LogP contribution in [0.25, 0.3) is 0 Å². The van der Waals surface area contributed by atoms with Crippen molar-refractivity contribution in [3.05, 3.63) is 45.8 Å². The summed E-state index contributed by atoms with van der Waals surface area (Å²) in [4.78, 5) is 11.8. The Bertz CT molecular complexity index is 630. The highest BCUT2D eigenvalue weighted by molar-refractivity contribution is 9.10. The predicted octanol–water partition coefficient (Wildman–Crippen LogP) is 2.98. The largest absolute Gasteiger partial charge is 0.486 e. The van der Waals surface area contributed by atoms with Crippen LogP contribution >= 0.6 is 28.6 Å². The van der Waals surface area contributed by atoms with Gasteiger partial charge in [0.15, 0.2) is 0 Å². The van der Waals surface area contributed by atoms with E-state index < -0.39 is 0 Å². The van der Waals surface area contributed by atoms with Crippen LogP contribution in [0, 0.1) is 6.92 Å². The fourth-order valence-corrected chi connectivity index (χ4v) is 2.27. The van der Waals surface area contributed by atoms with Gasteiger partial charge >= 0.3 is 0 Å². The summed E-state index contributed by atoms with van der Waals surface area (Å²) in [5, 5.41) is 6.61. The van der Waals surface area contributed by atoms with Gasteiger partial charge in [-0.15, -0.1) is 0 Å². The van der Waals surface area contributed by atoms with Crippen molar-refractivity contribution in [3.63, 3.8) is 0 Å². The number of aryl methyl sites for hydroxylation is 1. The molecule has 2 aromatic rings. The van der Waals surface area contributed by atoms with Crippen molar-refractivity contribution in [2.24, 2.45) is 0 Å². The fraction of sp³-hybridized carbons (Fsp3) is 0.286. The first-order valence-electron chi connectivity index (χ1n) is 6.33. The molecule has 1 heterocycles. The van der Waals surface area contributed by atoms with Crippen molar-refractivity contribution in [2.75, 3.05) is 12.3 Å². The number of halogens is 1. The molecule has 0 spiro atoms. The van der Waals surface area contributed by atoms with Gasteiger partial charge in [-0.2, -0.15) is 12.6 Å². The van der Waals surface area contributed by atoms with Gasteiger partial charge < -0.3 is 14.6 Å². The van der Waals surface area contributed by atoms with E-state index in [4.69, 9.17) is 9.26 Å². The number of thiol groups is 1. The fourth-order valence-electron chi connectivity index (χ4n) is 1.67. The van der Waals surface area contributed by atoms with Gasteiger partial charge in [-0.3, -0.25) is 4.79 Å². The van der Waals surface area contributed by atoms with Crippen LogP contribution in [0.5, 0.6) is 5.75 Å². The number of carbonyl (C=O) groups excluding carboxylic acids is 1. The normalized spacial score (nSPS) is 10.4. The number of hydrogen-bond acceptors (Lipinski definition) is 5. The first-order valence-corrected chi connectivity index (χ1v) is 7.76. The lowest BCUT2D eigenvalue weighted by molar-refractivity contribution is 0.0956. The van der Waals surface area contributed by atoms with Gasteiger partial charge in [0.05, 0.1) is 4.47 Å². The number of amides is 1. The zero-order chi connectivity index (χ0) is 15.2. The highest BCUT2D eigenvalue weighted by Gasteiger charge is 2.09. The van der Waals surface area contributed by atoms with Crippen molar-refractivity contribution in [2.45, 2.75) is 13.5 Å². The standard InChI is InChI=1S/C14H15BrN2O3S/c1-9-6-11(17-20-9)8-19-13-3-2-10(7-12(13)15)14(18)16-4-5-21/h2-3,6-7,21H,4-5,8H2,1H3,(H,16,18). The summed E-state index contributed by atoms with van der Waals surface area (Å²) >= 11 is 7.45. The molecule has 0 saturated carbocycles. The van der Waals surface area contributed by atoms with E-state index in [1.54, 1.807) is 18.2 Å². The van der Waals surface area contributed by atoms with Gasteiger partial charge in [0.2, 0.25) is 0 Å². The number of rotatable bonds is 6. The smallest absolute Gasteiger partial charge is 0.251 e. The van der Waals surface area contributed by atoms with E-state index in [9.17, 15) is 4.79 Å². The lowest BCUT2D eigenvalue weighted by Crippen LogP contribution is -2.25. The molecule has 1 aromatic carbocycles. The van der Waals surface area contributed by atoms with Crippen LogP contribution in [0.2, 0.25) is 0 Å². The molecule has 21 heavy (non-hydrogen) atoms. The van der Waals surface area contributed by atoms with Crippen LogP contribution in [-0.4, -0.2) is 23.4 Å². The SMILES string of the molecule is Cc1cc(COc2ccc(C(=O)NCCS)cc2Br)no1. The zero-order valence-electron chi connectivity index (χ0n) is 11.4. The quantitative estimate of drug-likeness (QED) is 0.767. The van der Waals surface area contributed by atoms with Gasteiger partial charge in [-0.1, -0.05) is 5.16 Å². The Balaban J connectivity index is 2.00. The van der Waals surface area contributed by atoms with Crippen molar-refractivity contribution in [1.82, 2.24) is 10.5 Å². The molecule has 0 aliphatic heterocycles. The molecule has 1 N–H and O–H groups in total. The topological polar surface area (TPSA) is 64.4 Å². The number of carbonyl (C=O) groups is 1. The molecular weight excluding hydrogens is 356 g/mol. The molecule has 5 nitrogen and oxygen atoms in total. The Morgan fingerprint density at radius 2 is 2.29 bits per heavy atom. The lowest BCUT2D eigenvalue weighted by Gasteiger charge is -2.08. The molecule has 0 bridgehead atoms. The van der Waals surface area contributed by atoms with Gasteiger partial charge in [0.1, 0.15) is 23.8 Å². The molecule has 0 fully saturated rings. The van der Waals surface area contributed by atoms with Crippen molar-refractivity contribution in [1.29, 1.82) is 0 Å². The summed E-state index contributed by atoms with van der Waals surface area (Å²) in [6.07, 6.45) is 0. The monoisotopic (exact) mass is 370 g/mol. The second kappa shape index (κ2) is 7.51. The highest BCUT2D eigenvalue weighted by Crippen LogP contribution is 2.26. The van der Waals surface area contributed by atoms with E-state index in [-0.39, 0.29) is 5.91 Å². The average molecular weight is 371 g/mol. The Labute approximate surface area is 136 Å². The summed E-state index contributed by atoms with van der Waals surface area (Å²) in [5.41, 5.74) is 1.28. The molecule has 112 valence electrons. The maximum atomic E-state index is 11.8. The van der Waals surface area contributed by atoms with Crippen LogP contribution in [0.4, 0.5) is 0 Å². The van der Waals surface area contributed by atoms with Crippen molar-refractivity contribution >= 4 is 34.5 Å². The van der Waals surface area contributed by atoms with E-state index >= 15 is 0 Å². The van der Waals surface area contributed by atoms with Crippen molar-refractivity contribution < 1.29 is 14.1 Å². The van der Waals surface area contributed by atoms with E-state index in [1.807, 2.05) is 13.0 Å². The molecule has 0 aliphatic rings. The summed E-state index contributed by atoms with van der Waals surface area (Å²) in [6.45, 7) is 2.66. The second-order valence-corrected chi connectivity index (χ2v) is 5.64. The number of aromatic nitrogens is 1. The van der Waals surface area contributed by atoms with Crippen LogP contribution in [-0.2, 0) is 6.61 Å². The van der Waals surface area contributed by atoms with E-state index in [2.05, 4.69) is 39.0 Å². The summed E-state index contributed by atoms with van der Waals surface area (Å²) < 4.78 is 11.3. The lowest BCUT2D eigenvalue weighted by atomic mass is 10.2. The van der Waals surface area contributed by atoms with Gasteiger partial charge in [0, 0.05) is 23.9 Å². The minimum Gasteiger partial charge on any atom is -0.486 e.